The Bertz CT molecular complexity index is 192. The summed E-state index contributed by atoms with van der Waals surface area (Å²) in [6.45, 7) is 0.471. The van der Waals surface area contributed by atoms with E-state index in [9.17, 15) is 9.90 Å². The number of hydrogen-bond acceptors (Lipinski definition) is 3. The molecule has 1 amide bonds. The van der Waals surface area contributed by atoms with Gasteiger partial charge in [0.2, 0.25) is 0 Å². The van der Waals surface area contributed by atoms with Crippen molar-refractivity contribution in [1.82, 2.24) is 5.32 Å². The van der Waals surface area contributed by atoms with Crippen LogP contribution in [0, 0.1) is 0 Å². The van der Waals surface area contributed by atoms with Gasteiger partial charge in [0, 0.05) is 6.54 Å². The smallest absolute Gasteiger partial charge is 0.404 e. The molecule has 12 heavy (non-hydrogen) atoms. The summed E-state index contributed by atoms with van der Waals surface area (Å²) >= 11 is 0. The molecule has 1 aliphatic rings. The van der Waals surface area contributed by atoms with Gasteiger partial charge >= 0.3 is 6.09 Å². The molecule has 3 N–H and O–H groups in total. The molecule has 0 aromatic carbocycles. The lowest BCUT2D eigenvalue weighted by molar-refractivity contribution is 0.0146. The molecular weight excluding hydrogens is 162 g/mol. The van der Waals surface area contributed by atoms with E-state index >= 15 is 0 Å². The lowest BCUT2D eigenvalue weighted by Gasteiger charge is -2.15. The lowest BCUT2D eigenvalue weighted by atomic mass is 10.2. The van der Waals surface area contributed by atoms with Gasteiger partial charge in [-0.25, -0.2) is 4.79 Å². The van der Waals surface area contributed by atoms with Crippen molar-refractivity contribution in [3.63, 3.8) is 0 Å². The van der Waals surface area contributed by atoms with Crippen LogP contribution in [0.2, 0.25) is 0 Å². The summed E-state index contributed by atoms with van der Waals surface area (Å²) in [5.74, 6) is 0. The highest BCUT2D eigenvalue weighted by Crippen LogP contribution is 2.07. The van der Waals surface area contributed by atoms with E-state index in [1.165, 1.54) is 0 Å². The van der Waals surface area contributed by atoms with Gasteiger partial charge in [0.15, 0.2) is 0 Å². The fourth-order valence-electron chi connectivity index (χ4n) is 0.959. The molecule has 0 saturated heterocycles. The second-order valence-electron chi connectivity index (χ2n) is 2.48. The van der Waals surface area contributed by atoms with Crippen molar-refractivity contribution in [2.24, 2.45) is 0 Å². The van der Waals surface area contributed by atoms with E-state index in [-0.39, 0.29) is 12.6 Å². The van der Waals surface area contributed by atoms with Gasteiger partial charge in [0.05, 0.1) is 6.61 Å². The predicted octanol–water partition coefficient (Wildman–Crippen LogP) is -0.430. The normalized spacial score (nSPS) is 23.9. The van der Waals surface area contributed by atoms with Gasteiger partial charge in [0.25, 0.3) is 0 Å². The van der Waals surface area contributed by atoms with Crippen LogP contribution in [0.3, 0.4) is 0 Å². The van der Waals surface area contributed by atoms with Crippen LogP contribution >= 0.6 is 0 Å². The minimum atomic E-state index is -1.14. The minimum Gasteiger partial charge on any atom is -0.465 e. The molecule has 5 heteroatoms. The summed E-state index contributed by atoms with van der Waals surface area (Å²) in [6, 6.07) is 0. The fraction of sp³-hybridized carbons (Fsp3) is 0.571. The number of aliphatic hydroxyl groups is 1. The molecule has 0 unspecified atom stereocenters. The van der Waals surface area contributed by atoms with Crippen molar-refractivity contribution < 1.29 is 19.7 Å². The average Bonchev–Trinajstić information content (AvgIpc) is 2.51. The SMILES string of the molecule is O=C(O)NC[C@@H](O)[C@@H]1C=CCO1. The zero-order valence-corrected chi connectivity index (χ0v) is 6.43. The maximum Gasteiger partial charge on any atom is 0.404 e. The van der Waals surface area contributed by atoms with Gasteiger partial charge in [-0.1, -0.05) is 12.2 Å². The van der Waals surface area contributed by atoms with E-state index < -0.39 is 12.2 Å². The topological polar surface area (TPSA) is 78.8 Å². The summed E-state index contributed by atoms with van der Waals surface area (Å²) in [4.78, 5) is 10.0. The Morgan fingerprint density at radius 2 is 2.58 bits per heavy atom. The summed E-state index contributed by atoms with van der Waals surface area (Å²) in [5.41, 5.74) is 0. The van der Waals surface area contributed by atoms with E-state index in [0.717, 1.165) is 0 Å². The average molecular weight is 173 g/mol. The van der Waals surface area contributed by atoms with E-state index in [1.54, 1.807) is 12.2 Å². The summed E-state index contributed by atoms with van der Waals surface area (Å²) < 4.78 is 5.05. The number of nitrogens with one attached hydrogen (secondary N) is 1. The molecular formula is C7H11NO4. The number of amides is 1. The van der Waals surface area contributed by atoms with Crippen LogP contribution in [-0.2, 0) is 4.74 Å². The van der Waals surface area contributed by atoms with Crippen LogP contribution in [0.15, 0.2) is 12.2 Å². The molecule has 0 bridgehead atoms. The summed E-state index contributed by atoms with van der Waals surface area (Å²) in [5, 5.41) is 19.6. The van der Waals surface area contributed by atoms with Crippen molar-refractivity contribution in [1.29, 1.82) is 0 Å². The Labute approximate surface area is 69.6 Å². The first kappa shape index (κ1) is 9.02. The van der Waals surface area contributed by atoms with Gasteiger partial charge in [-0.05, 0) is 0 Å². The highest BCUT2D eigenvalue weighted by atomic mass is 16.5. The monoisotopic (exact) mass is 173 g/mol. The quantitative estimate of drug-likeness (QED) is 0.506. The van der Waals surface area contributed by atoms with Crippen LogP contribution in [0.4, 0.5) is 4.79 Å². The van der Waals surface area contributed by atoms with E-state index in [4.69, 9.17) is 9.84 Å². The Balaban J connectivity index is 2.23. The van der Waals surface area contributed by atoms with Crippen molar-refractivity contribution in [3.05, 3.63) is 12.2 Å². The first-order valence-electron chi connectivity index (χ1n) is 3.63. The predicted molar refractivity (Wildman–Crippen MR) is 40.9 cm³/mol. The highest BCUT2D eigenvalue weighted by Gasteiger charge is 2.19. The number of aliphatic hydroxyl groups excluding tert-OH is 1. The molecule has 5 nitrogen and oxygen atoms in total. The van der Waals surface area contributed by atoms with Gasteiger partial charge in [-0.2, -0.15) is 0 Å². The largest absolute Gasteiger partial charge is 0.465 e. The zero-order chi connectivity index (χ0) is 8.97. The van der Waals surface area contributed by atoms with Crippen molar-refractivity contribution in [2.45, 2.75) is 12.2 Å². The Morgan fingerprint density at radius 3 is 3.08 bits per heavy atom. The summed E-state index contributed by atoms with van der Waals surface area (Å²) in [6.07, 6.45) is 1.18. The Hall–Kier alpha value is -1.07. The van der Waals surface area contributed by atoms with Crippen LogP contribution in [0.1, 0.15) is 0 Å². The van der Waals surface area contributed by atoms with Crippen molar-refractivity contribution >= 4 is 6.09 Å². The van der Waals surface area contributed by atoms with Crippen LogP contribution in [0.5, 0.6) is 0 Å². The number of hydrogen-bond donors (Lipinski definition) is 3. The summed E-state index contributed by atoms with van der Waals surface area (Å²) in [7, 11) is 0. The fourth-order valence-corrected chi connectivity index (χ4v) is 0.959. The van der Waals surface area contributed by atoms with Crippen LogP contribution in [0.25, 0.3) is 0 Å². The molecule has 1 rings (SSSR count). The van der Waals surface area contributed by atoms with Crippen molar-refractivity contribution in [2.75, 3.05) is 13.2 Å². The van der Waals surface area contributed by atoms with Crippen LogP contribution < -0.4 is 5.32 Å². The highest BCUT2D eigenvalue weighted by molar-refractivity contribution is 5.64. The molecule has 0 aliphatic carbocycles. The lowest BCUT2D eigenvalue weighted by Crippen LogP contribution is -2.37. The third-order valence-corrected chi connectivity index (χ3v) is 1.55. The minimum absolute atomic E-state index is 0.00958. The molecule has 1 heterocycles. The maximum absolute atomic E-state index is 10.0. The zero-order valence-electron chi connectivity index (χ0n) is 6.43. The molecule has 1 aliphatic heterocycles. The molecule has 0 spiro atoms. The molecule has 2 atom stereocenters. The number of ether oxygens (including phenoxy) is 1. The standard InChI is InChI=1S/C7H11NO4/c9-5(4-8-7(10)11)6-2-1-3-12-6/h1-2,5-6,8-9H,3-4H2,(H,10,11)/t5-,6+/m1/s1. The first-order valence-corrected chi connectivity index (χ1v) is 3.63. The Morgan fingerprint density at radius 1 is 1.83 bits per heavy atom. The van der Waals surface area contributed by atoms with Crippen LogP contribution in [-0.4, -0.2) is 41.7 Å². The molecule has 0 saturated carbocycles. The third kappa shape index (κ3) is 2.52. The van der Waals surface area contributed by atoms with Gasteiger partial charge in [0.1, 0.15) is 12.2 Å². The number of carbonyl (C=O) groups is 1. The second kappa shape index (κ2) is 4.08. The number of carboxylic acid groups (broad SMARTS) is 1. The van der Waals surface area contributed by atoms with E-state index in [2.05, 4.69) is 5.32 Å². The maximum atomic E-state index is 10.0. The van der Waals surface area contributed by atoms with Gasteiger partial charge in [-0.15, -0.1) is 0 Å². The molecule has 68 valence electrons. The Kier molecular flexibility index (Phi) is 3.07. The van der Waals surface area contributed by atoms with Gasteiger partial charge < -0.3 is 20.3 Å². The van der Waals surface area contributed by atoms with E-state index in [1.807, 2.05) is 0 Å². The molecule has 0 fully saturated rings. The van der Waals surface area contributed by atoms with E-state index in [0.29, 0.717) is 6.61 Å². The van der Waals surface area contributed by atoms with Gasteiger partial charge in [-0.3, -0.25) is 0 Å². The third-order valence-electron chi connectivity index (χ3n) is 1.55. The number of rotatable bonds is 3. The molecule has 0 aromatic rings. The van der Waals surface area contributed by atoms with Crippen molar-refractivity contribution in [3.8, 4) is 0 Å². The first-order chi connectivity index (χ1) is 5.70. The molecule has 0 aromatic heterocycles. The second-order valence-corrected chi connectivity index (χ2v) is 2.48. The molecule has 0 radical (unpaired) electrons.